The van der Waals surface area contributed by atoms with Crippen molar-refractivity contribution in [2.75, 3.05) is 12.0 Å². The minimum absolute atomic E-state index is 0.0328. The van der Waals surface area contributed by atoms with Crippen molar-refractivity contribution >= 4 is 12.2 Å². The van der Waals surface area contributed by atoms with Crippen molar-refractivity contribution in [1.82, 2.24) is 9.97 Å². The number of aromatic amines is 1. The van der Waals surface area contributed by atoms with Crippen molar-refractivity contribution < 1.29 is 4.74 Å². The van der Waals surface area contributed by atoms with Crippen LogP contribution in [0.5, 0.6) is 0 Å². The molecule has 0 saturated heterocycles. The molecule has 1 aromatic heterocycles. The Morgan fingerprint density at radius 1 is 1.23 bits per heavy atom. The molecule has 0 radical (unpaired) electrons. The van der Waals surface area contributed by atoms with Crippen LogP contribution in [0, 0.1) is 17.2 Å². The number of anilines is 1. The average molecular weight is 399 g/mol. The number of hydrogen-bond acceptors (Lipinski definition) is 6. The summed E-state index contributed by atoms with van der Waals surface area (Å²) in [6, 6.07) is 18.9. The summed E-state index contributed by atoms with van der Waals surface area (Å²) >= 11 is 0. The Labute approximate surface area is 174 Å². The second-order valence-electron chi connectivity index (χ2n) is 7.19. The van der Waals surface area contributed by atoms with Gasteiger partial charge < -0.3 is 4.74 Å². The summed E-state index contributed by atoms with van der Waals surface area (Å²) in [5.74, 6) is 0.903. The highest BCUT2D eigenvalue weighted by Crippen LogP contribution is 2.29. The Morgan fingerprint density at radius 3 is 2.83 bits per heavy atom. The molecular formula is C23H21N5O2. The van der Waals surface area contributed by atoms with Crippen LogP contribution in [0.2, 0.25) is 0 Å². The van der Waals surface area contributed by atoms with Crippen LogP contribution < -0.4 is 11.0 Å². The van der Waals surface area contributed by atoms with E-state index in [1.807, 2.05) is 48.5 Å². The van der Waals surface area contributed by atoms with E-state index in [4.69, 9.17) is 4.74 Å². The van der Waals surface area contributed by atoms with Crippen LogP contribution in [0.15, 0.2) is 64.5 Å². The lowest BCUT2D eigenvalue weighted by Gasteiger charge is -2.06. The normalized spacial score (nSPS) is 13.3. The predicted molar refractivity (Wildman–Crippen MR) is 115 cm³/mol. The molecule has 150 valence electrons. The van der Waals surface area contributed by atoms with Gasteiger partial charge in [0.25, 0.3) is 5.56 Å². The van der Waals surface area contributed by atoms with Crippen molar-refractivity contribution in [2.24, 2.45) is 11.0 Å². The van der Waals surface area contributed by atoms with E-state index >= 15 is 0 Å². The molecule has 1 aliphatic carbocycles. The lowest BCUT2D eigenvalue weighted by Crippen LogP contribution is -2.16. The summed E-state index contributed by atoms with van der Waals surface area (Å²) in [6.45, 7) is 1.40. The molecule has 0 amide bonds. The molecule has 0 atom stereocenters. The van der Waals surface area contributed by atoms with Crippen molar-refractivity contribution in [3.05, 3.63) is 81.6 Å². The lowest BCUT2D eigenvalue weighted by atomic mass is 10.1. The van der Waals surface area contributed by atoms with E-state index in [9.17, 15) is 10.1 Å². The zero-order chi connectivity index (χ0) is 20.8. The molecule has 30 heavy (non-hydrogen) atoms. The van der Waals surface area contributed by atoms with Crippen LogP contribution in [0.25, 0.3) is 11.3 Å². The molecule has 1 fully saturated rings. The Bertz CT molecular complexity index is 1140. The molecular weight excluding hydrogens is 378 g/mol. The highest BCUT2D eigenvalue weighted by atomic mass is 16.5. The topological polar surface area (TPSA) is 103 Å². The summed E-state index contributed by atoms with van der Waals surface area (Å²) in [7, 11) is 0. The third kappa shape index (κ3) is 4.99. The molecule has 1 saturated carbocycles. The SMILES string of the molecule is N#Cc1c(-c2ccccc2)nc(NN=Cc2cccc(COCC3CC3)c2)[nH]c1=O. The number of nitrogens with one attached hydrogen (secondary N) is 2. The van der Waals surface area contributed by atoms with Crippen LogP contribution in [-0.4, -0.2) is 22.8 Å². The Kier molecular flexibility index (Phi) is 5.97. The van der Waals surface area contributed by atoms with Gasteiger partial charge in [-0.1, -0.05) is 48.5 Å². The summed E-state index contributed by atoms with van der Waals surface area (Å²) in [5, 5.41) is 13.5. The lowest BCUT2D eigenvalue weighted by molar-refractivity contribution is 0.111. The Balaban J connectivity index is 1.47. The molecule has 0 unspecified atom stereocenters. The van der Waals surface area contributed by atoms with Crippen molar-refractivity contribution in [3.63, 3.8) is 0 Å². The third-order valence-electron chi connectivity index (χ3n) is 4.73. The Hall–Kier alpha value is -3.76. The molecule has 2 aromatic carbocycles. The number of aromatic nitrogens is 2. The standard InChI is InChI=1S/C23H21N5O2/c24-12-20-21(19-7-2-1-3-8-19)26-23(27-22(20)29)28-25-13-17-5-4-6-18(11-17)15-30-14-16-9-10-16/h1-8,11,13,16H,9-10,14-15H2,(H2,26,27,28,29). The second kappa shape index (κ2) is 9.16. The molecule has 7 nitrogen and oxygen atoms in total. The number of hydrazone groups is 1. The summed E-state index contributed by atoms with van der Waals surface area (Å²) in [4.78, 5) is 19.2. The van der Waals surface area contributed by atoms with Crippen molar-refractivity contribution in [1.29, 1.82) is 5.26 Å². The molecule has 1 aliphatic rings. The van der Waals surface area contributed by atoms with Gasteiger partial charge in [-0.25, -0.2) is 10.4 Å². The zero-order valence-corrected chi connectivity index (χ0v) is 16.3. The molecule has 0 aliphatic heterocycles. The fraction of sp³-hybridized carbons (Fsp3) is 0.217. The number of hydrogen-bond donors (Lipinski definition) is 2. The first kappa shape index (κ1) is 19.6. The van der Waals surface area contributed by atoms with E-state index in [1.54, 1.807) is 18.3 Å². The number of H-pyrrole nitrogens is 1. The maximum absolute atomic E-state index is 12.3. The summed E-state index contributed by atoms with van der Waals surface area (Å²) < 4.78 is 5.73. The van der Waals surface area contributed by atoms with Gasteiger partial charge in [0.15, 0.2) is 0 Å². The maximum Gasteiger partial charge on any atom is 0.270 e. The molecule has 2 N–H and O–H groups in total. The van der Waals surface area contributed by atoms with Crippen LogP contribution in [0.4, 0.5) is 5.95 Å². The minimum Gasteiger partial charge on any atom is -0.376 e. The molecule has 7 heteroatoms. The third-order valence-corrected chi connectivity index (χ3v) is 4.73. The summed E-state index contributed by atoms with van der Waals surface area (Å²) in [6.07, 6.45) is 4.19. The summed E-state index contributed by atoms with van der Waals surface area (Å²) in [5.41, 5.74) is 5.17. The number of rotatable bonds is 8. The number of benzene rings is 2. The van der Waals surface area contributed by atoms with Gasteiger partial charge in [-0.15, -0.1) is 0 Å². The van der Waals surface area contributed by atoms with E-state index in [0.29, 0.717) is 17.9 Å². The fourth-order valence-corrected chi connectivity index (χ4v) is 2.99. The highest BCUT2D eigenvalue weighted by Gasteiger charge is 2.21. The van der Waals surface area contributed by atoms with E-state index in [-0.39, 0.29) is 11.5 Å². The second-order valence-corrected chi connectivity index (χ2v) is 7.19. The molecule has 0 bridgehead atoms. The smallest absolute Gasteiger partial charge is 0.270 e. The van der Waals surface area contributed by atoms with Gasteiger partial charge in [-0.05, 0) is 36.0 Å². The first-order chi connectivity index (χ1) is 14.7. The van der Waals surface area contributed by atoms with Gasteiger partial charge in [-0.2, -0.15) is 10.4 Å². The molecule has 3 aromatic rings. The number of nitriles is 1. The van der Waals surface area contributed by atoms with Gasteiger partial charge in [0.05, 0.1) is 18.5 Å². The predicted octanol–water partition coefficient (Wildman–Crippen LogP) is 3.68. The van der Waals surface area contributed by atoms with Gasteiger partial charge in [0.1, 0.15) is 11.6 Å². The van der Waals surface area contributed by atoms with Gasteiger partial charge in [0, 0.05) is 12.2 Å². The van der Waals surface area contributed by atoms with Crippen LogP contribution in [0.1, 0.15) is 29.5 Å². The largest absolute Gasteiger partial charge is 0.376 e. The van der Waals surface area contributed by atoms with E-state index < -0.39 is 5.56 Å². The van der Waals surface area contributed by atoms with E-state index in [0.717, 1.165) is 23.7 Å². The number of nitrogens with zero attached hydrogens (tertiary/aromatic N) is 3. The van der Waals surface area contributed by atoms with Crippen molar-refractivity contribution in [2.45, 2.75) is 19.4 Å². The van der Waals surface area contributed by atoms with Crippen molar-refractivity contribution in [3.8, 4) is 17.3 Å². The fourth-order valence-electron chi connectivity index (χ4n) is 2.99. The monoisotopic (exact) mass is 399 g/mol. The van der Waals surface area contributed by atoms with Crippen LogP contribution in [0.3, 0.4) is 0 Å². The van der Waals surface area contributed by atoms with Gasteiger partial charge >= 0.3 is 0 Å². The maximum atomic E-state index is 12.3. The van der Waals surface area contributed by atoms with Gasteiger partial charge in [0.2, 0.25) is 5.95 Å². The zero-order valence-electron chi connectivity index (χ0n) is 16.3. The first-order valence-electron chi connectivity index (χ1n) is 9.78. The average Bonchev–Trinajstić information content (AvgIpc) is 3.59. The Morgan fingerprint density at radius 2 is 2.07 bits per heavy atom. The number of ether oxygens (including phenoxy) is 1. The molecule has 0 spiro atoms. The van der Waals surface area contributed by atoms with Crippen LogP contribution >= 0.6 is 0 Å². The van der Waals surface area contributed by atoms with E-state index in [2.05, 4.69) is 20.5 Å². The molecule has 4 rings (SSSR count). The minimum atomic E-state index is -0.515. The quantitative estimate of drug-likeness (QED) is 0.444. The highest BCUT2D eigenvalue weighted by molar-refractivity contribution is 5.80. The molecule has 1 heterocycles. The van der Waals surface area contributed by atoms with E-state index in [1.165, 1.54) is 12.8 Å². The van der Waals surface area contributed by atoms with Crippen LogP contribution in [-0.2, 0) is 11.3 Å². The first-order valence-corrected chi connectivity index (χ1v) is 9.78. The van der Waals surface area contributed by atoms with Gasteiger partial charge in [-0.3, -0.25) is 9.78 Å².